The summed E-state index contributed by atoms with van der Waals surface area (Å²) in [7, 11) is 0. The largest absolute Gasteiger partial charge is 0.465 e. The van der Waals surface area contributed by atoms with Crippen molar-refractivity contribution in [2.24, 2.45) is 17.3 Å². The van der Waals surface area contributed by atoms with Gasteiger partial charge in [-0.2, -0.15) is 0 Å². The number of fused-ring (bicyclic) bond motifs is 5. The lowest BCUT2D eigenvalue weighted by molar-refractivity contribution is -0.384. The fourth-order valence-electron chi connectivity index (χ4n) is 10.2. The molecule has 2 N–H and O–H groups in total. The van der Waals surface area contributed by atoms with Crippen LogP contribution in [0.1, 0.15) is 97.6 Å². The molecule has 13 atom stereocenters. The molecule has 3 heterocycles. The number of aliphatic hydroxyl groups excluding tert-OH is 1. The Bertz CT molecular complexity index is 2360. The number of nitrogens with zero attached hydrogens (tertiary/aromatic N) is 1. The zero-order valence-corrected chi connectivity index (χ0v) is 36.8. The van der Waals surface area contributed by atoms with Crippen LogP contribution in [0.15, 0.2) is 79.0 Å². The van der Waals surface area contributed by atoms with E-state index in [1.165, 1.54) is 75.5 Å². The van der Waals surface area contributed by atoms with Crippen LogP contribution in [0.2, 0.25) is 0 Å². The maximum absolute atomic E-state index is 14.5. The Morgan fingerprint density at radius 2 is 1.38 bits per heavy atom. The van der Waals surface area contributed by atoms with Crippen LogP contribution in [0.3, 0.4) is 0 Å². The van der Waals surface area contributed by atoms with Gasteiger partial charge in [0.2, 0.25) is 0 Å². The zero-order chi connectivity index (χ0) is 47.2. The van der Waals surface area contributed by atoms with Crippen molar-refractivity contribution in [3.63, 3.8) is 0 Å². The van der Waals surface area contributed by atoms with E-state index in [-0.39, 0.29) is 28.8 Å². The maximum atomic E-state index is 14.5. The second-order valence-corrected chi connectivity index (χ2v) is 17.3. The molecule has 18 heteroatoms. The van der Waals surface area contributed by atoms with E-state index in [9.17, 15) is 43.8 Å². The lowest BCUT2D eigenvalue weighted by Gasteiger charge is -2.67. The highest BCUT2D eigenvalue weighted by Crippen LogP contribution is 2.70. The summed E-state index contributed by atoms with van der Waals surface area (Å²) in [6, 6.07) is 18.0. The van der Waals surface area contributed by atoms with Gasteiger partial charge in [0.05, 0.1) is 34.2 Å². The minimum Gasteiger partial charge on any atom is -0.465 e. The number of hydrogen-bond acceptors (Lipinski definition) is 18. The van der Waals surface area contributed by atoms with Crippen molar-refractivity contribution in [1.82, 2.24) is 4.98 Å². The van der Waals surface area contributed by atoms with Gasteiger partial charge in [0.25, 0.3) is 0 Å². The number of benzene rings is 2. The number of pyridine rings is 1. The van der Waals surface area contributed by atoms with Crippen LogP contribution < -0.4 is 0 Å². The third-order valence-electron chi connectivity index (χ3n) is 13.3. The van der Waals surface area contributed by atoms with E-state index < -0.39 is 132 Å². The number of esters is 7. The maximum Gasteiger partial charge on any atom is 0.340 e. The third kappa shape index (κ3) is 7.70. The van der Waals surface area contributed by atoms with Gasteiger partial charge in [0.1, 0.15) is 54.2 Å². The van der Waals surface area contributed by atoms with Crippen LogP contribution in [0, 0.1) is 17.3 Å². The molecule has 4 bridgehead atoms. The fourth-order valence-corrected chi connectivity index (χ4v) is 10.2. The lowest BCUT2D eigenvalue weighted by atomic mass is 9.45. The van der Waals surface area contributed by atoms with E-state index in [0.29, 0.717) is 0 Å². The molecule has 1 saturated heterocycles. The van der Waals surface area contributed by atoms with Gasteiger partial charge in [0.15, 0.2) is 17.8 Å². The van der Waals surface area contributed by atoms with Crippen molar-refractivity contribution < 1.29 is 81.7 Å². The number of hydrogen-bond donors (Lipinski definition) is 2. The molecule has 0 radical (unpaired) electrons. The number of ether oxygens (including phenoxy) is 8. The summed E-state index contributed by atoms with van der Waals surface area (Å²) in [6.45, 7) is 7.24. The summed E-state index contributed by atoms with van der Waals surface area (Å²) in [5.74, 6) is -10.7. The smallest absolute Gasteiger partial charge is 0.340 e. The summed E-state index contributed by atoms with van der Waals surface area (Å²) in [5, 5.41) is 26.5. The van der Waals surface area contributed by atoms with E-state index in [0.717, 1.165) is 20.8 Å². The fraction of sp³-hybridized carbons (Fsp3) is 0.489. The number of aliphatic hydroxyl groups is 2. The van der Waals surface area contributed by atoms with Crippen molar-refractivity contribution in [1.29, 1.82) is 0 Å². The normalized spacial score (nSPS) is 34.9. The molecule has 1 aromatic heterocycles. The van der Waals surface area contributed by atoms with Crippen LogP contribution in [0.5, 0.6) is 0 Å². The summed E-state index contributed by atoms with van der Waals surface area (Å²) in [6.07, 6.45) is -11.5. The van der Waals surface area contributed by atoms with Crippen LogP contribution in [0.25, 0.3) is 0 Å². The molecule has 2 aliphatic carbocycles. The first kappa shape index (κ1) is 46.7. The Hall–Kier alpha value is -6.24. The average molecular weight is 902 g/mol. The molecule has 2 saturated carbocycles. The molecular formula is C47H51NO17. The molecule has 346 valence electrons. The molecule has 2 aliphatic heterocycles. The Kier molecular flexibility index (Phi) is 12.7. The molecule has 3 fully saturated rings. The Morgan fingerprint density at radius 1 is 0.785 bits per heavy atom. The van der Waals surface area contributed by atoms with Gasteiger partial charge in [-0.1, -0.05) is 57.2 Å². The first-order chi connectivity index (χ1) is 30.7. The predicted molar refractivity (Wildman–Crippen MR) is 220 cm³/mol. The van der Waals surface area contributed by atoms with Crippen molar-refractivity contribution in [3.05, 3.63) is 101 Å². The monoisotopic (exact) mass is 901 g/mol. The summed E-state index contributed by atoms with van der Waals surface area (Å²) >= 11 is 0. The van der Waals surface area contributed by atoms with E-state index >= 15 is 0 Å². The first-order valence-corrected chi connectivity index (χ1v) is 21.2. The molecule has 4 aliphatic rings. The minimum atomic E-state index is -2.87. The third-order valence-corrected chi connectivity index (χ3v) is 13.3. The van der Waals surface area contributed by atoms with Crippen LogP contribution in [-0.4, -0.2) is 124 Å². The molecule has 65 heavy (non-hydrogen) atoms. The van der Waals surface area contributed by atoms with Crippen molar-refractivity contribution in [2.75, 3.05) is 13.2 Å². The Balaban J connectivity index is 1.62. The van der Waals surface area contributed by atoms with Gasteiger partial charge >= 0.3 is 41.8 Å². The second-order valence-electron chi connectivity index (χ2n) is 17.3. The first-order valence-electron chi connectivity index (χ1n) is 21.2. The standard InChI is InChI=1S/C47H51NO17/c1-8-31(51)61-35-32-36(62-41(54)28-16-11-9-12-17-28)47-45(7,57)37(63-40(53)25(3)24(2)33-30(20-15-21-48-33)43(56)59-22-44(32,6)65-47)34(52)38(64-42(55)29-18-13-10-14-19-29)46(47,23-58-26(4)49)39(35)60-27(5)50/h9-21,24-25,32,34-39,52,57H,8,22-23H2,1-7H3/t24-,25+,32-,34+,35-,36-,37+,38+,39-,44+,45+,46+,47-/m1/s1. The molecule has 0 amide bonds. The van der Waals surface area contributed by atoms with Crippen LogP contribution in [-0.2, 0) is 57.1 Å². The number of carbonyl (C=O) groups excluding carboxylic acids is 7. The summed E-state index contributed by atoms with van der Waals surface area (Å²) in [4.78, 5) is 102. The van der Waals surface area contributed by atoms with E-state index in [1.54, 1.807) is 31.2 Å². The Morgan fingerprint density at radius 3 is 1.95 bits per heavy atom. The highest BCUT2D eigenvalue weighted by molar-refractivity contribution is 5.92. The molecule has 2 aromatic carbocycles. The second kappa shape index (κ2) is 17.6. The molecule has 1 spiro atoms. The highest BCUT2D eigenvalue weighted by atomic mass is 16.7. The molecule has 18 nitrogen and oxygen atoms in total. The minimum absolute atomic E-state index is 0.0189. The van der Waals surface area contributed by atoms with Crippen LogP contribution in [0.4, 0.5) is 0 Å². The number of carbonyl (C=O) groups is 7. The average Bonchev–Trinajstić information content (AvgIpc) is 3.51. The van der Waals surface area contributed by atoms with Crippen molar-refractivity contribution in [3.8, 4) is 0 Å². The van der Waals surface area contributed by atoms with Crippen LogP contribution >= 0.6 is 0 Å². The summed E-state index contributed by atoms with van der Waals surface area (Å²) < 4.78 is 50.2. The molecule has 3 aromatic rings. The van der Waals surface area contributed by atoms with Gasteiger partial charge in [-0.3, -0.25) is 24.2 Å². The van der Waals surface area contributed by atoms with Gasteiger partial charge in [-0.05, 0) is 50.2 Å². The number of cyclic esters (lactones) is 1. The predicted octanol–water partition coefficient (Wildman–Crippen LogP) is 3.44. The van der Waals surface area contributed by atoms with E-state index in [2.05, 4.69) is 4.98 Å². The number of aromatic nitrogens is 1. The Labute approximate surface area is 373 Å². The van der Waals surface area contributed by atoms with Gasteiger partial charge in [-0.25, -0.2) is 14.4 Å². The molecule has 7 rings (SSSR count). The van der Waals surface area contributed by atoms with Crippen molar-refractivity contribution in [2.45, 2.75) is 114 Å². The number of rotatable bonds is 9. The summed E-state index contributed by atoms with van der Waals surface area (Å²) in [5.41, 5.74) is -10.5. The van der Waals surface area contributed by atoms with Gasteiger partial charge < -0.3 is 48.1 Å². The SMILES string of the molecule is CCC(=O)O[C@@H]1[C@@H]2[C@@H](OC(=O)c3ccccc3)[C@]34O[C@@]2(C)COC(=O)c2cccnc2[C@H](C)[C@H](C)C(=O)O[C@@H]([C@H](O)[C@H](OC(=O)c2ccccc2)[C@@]3(COC(C)=O)[C@@H]1OC(C)=O)[C@]4(C)O. The highest BCUT2D eigenvalue weighted by Gasteiger charge is 2.91. The zero-order valence-electron chi connectivity index (χ0n) is 36.8. The van der Waals surface area contributed by atoms with Gasteiger partial charge in [-0.15, -0.1) is 0 Å². The van der Waals surface area contributed by atoms with Crippen molar-refractivity contribution >= 4 is 41.8 Å². The van der Waals surface area contributed by atoms with E-state index in [1.807, 2.05) is 0 Å². The van der Waals surface area contributed by atoms with Gasteiger partial charge in [0, 0.05) is 32.4 Å². The van der Waals surface area contributed by atoms with E-state index in [4.69, 9.17) is 37.9 Å². The molecular weight excluding hydrogens is 851 g/mol. The topological polar surface area (TPSA) is 247 Å². The molecule has 0 unspecified atom stereocenters. The quantitative estimate of drug-likeness (QED) is 0.231. The lowest BCUT2D eigenvalue weighted by Crippen LogP contribution is -2.89.